The van der Waals surface area contributed by atoms with Crippen LogP contribution in [0.25, 0.3) is 10.2 Å². The molecule has 22 heavy (non-hydrogen) atoms. The van der Waals surface area contributed by atoms with Crippen LogP contribution in [0, 0.1) is 5.41 Å². The predicted octanol–water partition coefficient (Wildman–Crippen LogP) is 3.99. The second kappa shape index (κ2) is 7.94. The number of fused-ring (bicyclic) bond motifs is 1. The van der Waals surface area contributed by atoms with Gasteiger partial charge in [-0.2, -0.15) is 0 Å². The molecule has 0 aliphatic rings. The number of ether oxygens (including phenoxy) is 2. The summed E-state index contributed by atoms with van der Waals surface area (Å²) in [5.74, 6) is 0.646. The van der Waals surface area contributed by atoms with E-state index in [1.54, 1.807) is 23.1 Å². The number of para-hydroxylation sites is 1. The first-order chi connectivity index (χ1) is 10.5. The van der Waals surface area contributed by atoms with Crippen molar-refractivity contribution in [2.24, 2.45) is 5.41 Å². The van der Waals surface area contributed by atoms with Crippen LogP contribution in [0.3, 0.4) is 0 Å². The van der Waals surface area contributed by atoms with Crippen molar-refractivity contribution < 1.29 is 14.3 Å². The van der Waals surface area contributed by atoms with Crippen molar-refractivity contribution in [3.8, 4) is 0 Å². The Kier molecular flexibility index (Phi) is 6.23. The molecule has 2 rings (SSSR count). The summed E-state index contributed by atoms with van der Waals surface area (Å²) in [7, 11) is 0. The van der Waals surface area contributed by atoms with E-state index >= 15 is 0 Å². The first-order valence-electron chi connectivity index (χ1n) is 7.20. The Labute approximate surface area is 139 Å². The summed E-state index contributed by atoms with van der Waals surface area (Å²) < 4.78 is 12.9. The van der Waals surface area contributed by atoms with Gasteiger partial charge in [-0.25, -0.2) is 4.98 Å². The number of aromatic nitrogens is 1. The molecule has 0 aliphatic heterocycles. The van der Waals surface area contributed by atoms with E-state index in [1.807, 2.05) is 39.0 Å². The fourth-order valence-electron chi connectivity index (χ4n) is 1.61. The van der Waals surface area contributed by atoms with Crippen LogP contribution in [0.2, 0.25) is 0 Å². The fourth-order valence-corrected chi connectivity index (χ4v) is 3.60. The van der Waals surface area contributed by atoms with Crippen LogP contribution >= 0.6 is 23.1 Å². The van der Waals surface area contributed by atoms with E-state index < -0.39 is 5.41 Å². The van der Waals surface area contributed by atoms with Gasteiger partial charge in [-0.05, 0) is 32.9 Å². The van der Waals surface area contributed by atoms with Crippen LogP contribution in [0.15, 0.2) is 28.6 Å². The molecule has 0 spiro atoms. The monoisotopic (exact) mass is 339 g/mol. The van der Waals surface area contributed by atoms with E-state index in [-0.39, 0.29) is 5.97 Å². The van der Waals surface area contributed by atoms with E-state index in [1.165, 1.54) is 4.70 Å². The summed E-state index contributed by atoms with van der Waals surface area (Å²) in [5, 5.41) is 0. The molecule has 0 aliphatic carbocycles. The molecule has 0 bridgehead atoms. The van der Waals surface area contributed by atoms with Crippen molar-refractivity contribution in [1.29, 1.82) is 0 Å². The van der Waals surface area contributed by atoms with E-state index in [2.05, 4.69) is 11.1 Å². The SMILES string of the molecule is CC(C)(C)C(=O)OCCOCCSc1nc2ccccc2s1. The highest BCUT2D eigenvalue weighted by Gasteiger charge is 2.22. The lowest BCUT2D eigenvalue weighted by Gasteiger charge is -2.16. The second-order valence-corrected chi connectivity index (χ2v) is 8.17. The molecule has 6 heteroatoms. The van der Waals surface area contributed by atoms with Gasteiger partial charge >= 0.3 is 5.97 Å². The number of thioether (sulfide) groups is 1. The standard InChI is InChI=1S/C16H21NO3S2/c1-16(2,3)14(18)20-9-8-19-10-11-21-15-17-12-6-4-5-7-13(12)22-15/h4-7H,8-11H2,1-3H3. The zero-order valence-corrected chi connectivity index (χ0v) is 14.8. The number of esters is 1. The van der Waals surface area contributed by atoms with E-state index in [0.29, 0.717) is 19.8 Å². The van der Waals surface area contributed by atoms with Crippen LogP contribution in [-0.2, 0) is 14.3 Å². The van der Waals surface area contributed by atoms with E-state index in [4.69, 9.17) is 9.47 Å². The zero-order chi connectivity index (χ0) is 16.0. The van der Waals surface area contributed by atoms with Gasteiger partial charge in [0.2, 0.25) is 0 Å². The molecular formula is C16H21NO3S2. The molecule has 1 aromatic carbocycles. The van der Waals surface area contributed by atoms with Crippen LogP contribution in [0.5, 0.6) is 0 Å². The van der Waals surface area contributed by atoms with Crippen molar-refractivity contribution in [3.05, 3.63) is 24.3 Å². The van der Waals surface area contributed by atoms with Crippen LogP contribution in [0.4, 0.5) is 0 Å². The number of carbonyl (C=O) groups excluding carboxylic acids is 1. The average Bonchev–Trinajstić information content (AvgIpc) is 2.87. The lowest BCUT2D eigenvalue weighted by molar-refractivity contribution is -0.154. The Morgan fingerprint density at radius 3 is 2.73 bits per heavy atom. The highest BCUT2D eigenvalue weighted by molar-refractivity contribution is 8.01. The van der Waals surface area contributed by atoms with Crippen molar-refractivity contribution in [2.75, 3.05) is 25.6 Å². The minimum absolute atomic E-state index is 0.194. The molecule has 0 saturated heterocycles. The van der Waals surface area contributed by atoms with E-state index in [9.17, 15) is 4.79 Å². The molecule has 1 heterocycles. The van der Waals surface area contributed by atoms with Gasteiger partial charge in [0.05, 0.1) is 28.8 Å². The predicted molar refractivity (Wildman–Crippen MR) is 91.6 cm³/mol. The normalized spacial score (nSPS) is 11.8. The summed E-state index contributed by atoms with van der Waals surface area (Å²) in [4.78, 5) is 16.1. The van der Waals surface area contributed by atoms with Gasteiger partial charge in [-0.3, -0.25) is 4.79 Å². The van der Waals surface area contributed by atoms with Crippen molar-refractivity contribution in [2.45, 2.75) is 25.1 Å². The van der Waals surface area contributed by atoms with Crippen LogP contribution in [0.1, 0.15) is 20.8 Å². The quantitative estimate of drug-likeness (QED) is 0.433. The number of hydrogen-bond acceptors (Lipinski definition) is 6. The van der Waals surface area contributed by atoms with Crippen molar-refractivity contribution in [3.63, 3.8) is 0 Å². The number of thiazole rings is 1. The zero-order valence-electron chi connectivity index (χ0n) is 13.1. The van der Waals surface area contributed by atoms with Gasteiger partial charge in [0, 0.05) is 5.75 Å². The van der Waals surface area contributed by atoms with Gasteiger partial charge in [0.15, 0.2) is 4.34 Å². The third-order valence-corrected chi connectivity index (χ3v) is 4.94. The lowest BCUT2D eigenvalue weighted by Crippen LogP contribution is -2.24. The molecule has 0 saturated carbocycles. The van der Waals surface area contributed by atoms with Crippen molar-refractivity contribution in [1.82, 2.24) is 4.98 Å². The summed E-state index contributed by atoms with van der Waals surface area (Å²) in [6.07, 6.45) is 0. The fraction of sp³-hybridized carbons (Fsp3) is 0.500. The molecule has 0 N–H and O–H groups in total. The maximum absolute atomic E-state index is 11.5. The van der Waals surface area contributed by atoms with Gasteiger partial charge < -0.3 is 9.47 Å². The van der Waals surface area contributed by atoms with Gasteiger partial charge in [-0.15, -0.1) is 11.3 Å². The maximum Gasteiger partial charge on any atom is 0.311 e. The molecule has 120 valence electrons. The van der Waals surface area contributed by atoms with E-state index in [0.717, 1.165) is 15.6 Å². The van der Waals surface area contributed by atoms with Crippen molar-refractivity contribution >= 4 is 39.3 Å². The van der Waals surface area contributed by atoms with Gasteiger partial charge in [0.1, 0.15) is 6.61 Å². The molecule has 1 aromatic heterocycles. The number of carbonyl (C=O) groups is 1. The summed E-state index contributed by atoms with van der Waals surface area (Å²) in [6, 6.07) is 8.13. The first kappa shape index (κ1) is 17.2. The third kappa shape index (κ3) is 5.26. The Balaban J connectivity index is 1.59. The number of benzene rings is 1. The molecule has 0 atom stereocenters. The Morgan fingerprint density at radius 2 is 2.00 bits per heavy atom. The van der Waals surface area contributed by atoms with Crippen LogP contribution in [-0.4, -0.2) is 36.5 Å². The van der Waals surface area contributed by atoms with Gasteiger partial charge in [-0.1, -0.05) is 23.9 Å². The minimum Gasteiger partial charge on any atom is -0.463 e. The Morgan fingerprint density at radius 1 is 1.23 bits per heavy atom. The molecule has 0 amide bonds. The smallest absolute Gasteiger partial charge is 0.311 e. The summed E-state index contributed by atoms with van der Waals surface area (Å²) >= 11 is 3.39. The molecule has 0 radical (unpaired) electrons. The maximum atomic E-state index is 11.5. The minimum atomic E-state index is -0.456. The molecule has 0 fully saturated rings. The largest absolute Gasteiger partial charge is 0.463 e. The second-order valence-electron chi connectivity index (χ2n) is 5.79. The Hall–Kier alpha value is -1.11. The number of rotatable bonds is 7. The average molecular weight is 339 g/mol. The highest BCUT2D eigenvalue weighted by atomic mass is 32.2. The topological polar surface area (TPSA) is 48.4 Å². The lowest BCUT2D eigenvalue weighted by atomic mass is 9.97. The summed E-state index contributed by atoms with van der Waals surface area (Å²) in [5.41, 5.74) is 0.591. The molecule has 4 nitrogen and oxygen atoms in total. The first-order valence-corrected chi connectivity index (χ1v) is 9.00. The number of hydrogen-bond donors (Lipinski definition) is 0. The Bertz CT molecular complexity index is 586. The highest BCUT2D eigenvalue weighted by Crippen LogP contribution is 2.28. The van der Waals surface area contributed by atoms with Crippen LogP contribution < -0.4 is 0 Å². The number of nitrogens with zero attached hydrogens (tertiary/aromatic N) is 1. The third-order valence-electron chi connectivity index (χ3n) is 2.80. The molecule has 2 aromatic rings. The molecule has 0 unspecified atom stereocenters. The van der Waals surface area contributed by atoms with Gasteiger partial charge in [0.25, 0.3) is 0 Å². The summed E-state index contributed by atoms with van der Waals surface area (Å²) in [6.45, 7) is 6.87. The molecular weight excluding hydrogens is 318 g/mol.